The minimum absolute atomic E-state index is 0.419. The van der Waals surface area contributed by atoms with Crippen molar-refractivity contribution in [3.63, 3.8) is 0 Å². The van der Waals surface area contributed by atoms with Gasteiger partial charge in [-0.15, -0.1) is 0 Å². The second kappa shape index (κ2) is 5.64. The van der Waals surface area contributed by atoms with Crippen molar-refractivity contribution in [2.24, 2.45) is 0 Å². The molecule has 100 valence electrons. The van der Waals surface area contributed by atoms with E-state index in [0.29, 0.717) is 5.56 Å². The monoisotopic (exact) mass is 318 g/mol. The van der Waals surface area contributed by atoms with Gasteiger partial charge in [-0.2, -0.15) is 0 Å². The summed E-state index contributed by atoms with van der Waals surface area (Å²) in [5, 5.41) is 38.4. The Hall–Kier alpha value is -0.500. The van der Waals surface area contributed by atoms with Gasteiger partial charge in [0.05, 0.1) is 6.61 Å². The number of halogens is 1. The first-order chi connectivity index (χ1) is 8.54. The van der Waals surface area contributed by atoms with Crippen molar-refractivity contribution < 1.29 is 25.2 Å². The number of aliphatic hydroxyl groups is 4. The zero-order valence-electron chi connectivity index (χ0n) is 9.48. The topological polar surface area (TPSA) is 90.2 Å². The molecule has 6 heteroatoms. The summed E-state index contributed by atoms with van der Waals surface area (Å²) in [4.78, 5) is 0. The molecule has 0 saturated carbocycles. The molecule has 0 amide bonds. The van der Waals surface area contributed by atoms with Crippen LogP contribution in [0.3, 0.4) is 0 Å². The lowest BCUT2D eigenvalue weighted by atomic mass is 9.91. The molecule has 0 spiro atoms. The molecule has 1 aliphatic rings. The van der Waals surface area contributed by atoms with Crippen molar-refractivity contribution in [2.45, 2.75) is 30.5 Å². The van der Waals surface area contributed by atoms with E-state index in [2.05, 4.69) is 15.9 Å². The summed E-state index contributed by atoms with van der Waals surface area (Å²) >= 11 is 3.30. The summed E-state index contributed by atoms with van der Waals surface area (Å²) < 4.78 is 6.32. The second-order valence-electron chi connectivity index (χ2n) is 4.30. The lowest BCUT2D eigenvalue weighted by Gasteiger charge is -2.40. The quantitative estimate of drug-likeness (QED) is 0.614. The summed E-state index contributed by atoms with van der Waals surface area (Å²) in [7, 11) is 0. The molecule has 1 aliphatic heterocycles. The molecule has 0 bridgehead atoms. The zero-order valence-corrected chi connectivity index (χ0v) is 11.1. The first-order valence-corrected chi connectivity index (χ1v) is 6.40. The molecular formula is C12H15BrO5. The number of hydrogen-bond donors (Lipinski definition) is 4. The highest BCUT2D eigenvalue weighted by molar-refractivity contribution is 9.10. The van der Waals surface area contributed by atoms with Gasteiger partial charge in [-0.3, -0.25) is 0 Å². The average Bonchev–Trinajstić information content (AvgIpc) is 2.38. The van der Waals surface area contributed by atoms with E-state index in [-0.39, 0.29) is 0 Å². The lowest BCUT2D eigenvalue weighted by molar-refractivity contribution is -0.231. The highest BCUT2D eigenvalue weighted by Gasteiger charge is 2.43. The van der Waals surface area contributed by atoms with Crippen molar-refractivity contribution >= 4 is 15.9 Å². The molecule has 0 aliphatic carbocycles. The molecule has 0 aromatic heterocycles. The van der Waals surface area contributed by atoms with E-state index < -0.39 is 37.1 Å². The number of hydrogen-bond acceptors (Lipinski definition) is 5. The Labute approximate surface area is 113 Å². The Bertz CT molecular complexity index is 394. The molecule has 1 aromatic rings. The van der Waals surface area contributed by atoms with Gasteiger partial charge in [-0.1, -0.05) is 28.1 Å². The normalized spacial score (nSPS) is 36.6. The Kier molecular flexibility index (Phi) is 4.37. The van der Waals surface area contributed by atoms with Crippen LogP contribution < -0.4 is 0 Å². The maximum absolute atomic E-state index is 9.92. The van der Waals surface area contributed by atoms with Gasteiger partial charge in [-0.05, 0) is 17.7 Å². The van der Waals surface area contributed by atoms with Crippen LogP contribution >= 0.6 is 15.9 Å². The van der Waals surface area contributed by atoms with Gasteiger partial charge < -0.3 is 25.2 Å². The van der Waals surface area contributed by atoms with Crippen LogP contribution in [0.5, 0.6) is 0 Å². The summed E-state index contributed by atoms with van der Waals surface area (Å²) in [6.07, 6.45) is -5.55. The van der Waals surface area contributed by atoms with E-state index >= 15 is 0 Å². The molecule has 18 heavy (non-hydrogen) atoms. The van der Waals surface area contributed by atoms with Crippen molar-refractivity contribution in [3.05, 3.63) is 34.3 Å². The molecule has 2 rings (SSSR count). The fraction of sp³-hybridized carbons (Fsp3) is 0.500. The molecule has 1 fully saturated rings. The Morgan fingerprint density at radius 3 is 2.17 bits per heavy atom. The van der Waals surface area contributed by atoms with E-state index in [1.807, 2.05) is 0 Å². The Morgan fingerprint density at radius 1 is 1.00 bits per heavy atom. The Morgan fingerprint density at radius 2 is 1.61 bits per heavy atom. The van der Waals surface area contributed by atoms with Crippen LogP contribution in [0.4, 0.5) is 0 Å². The highest BCUT2D eigenvalue weighted by Crippen LogP contribution is 2.32. The molecule has 5 atom stereocenters. The maximum Gasteiger partial charge on any atom is 0.113 e. The predicted octanol–water partition coefficient (Wildman–Crippen LogP) is -0.0360. The fourth-order valence-electron chi connectivity index (χ4n) is 2.03. The molecule has 1 heterocycles. The summed E-state index contributed by atoms with van der Waals surface area (Å²) in [6, 6.07) is 7.07. The largest absolute Gasteiger partial charge is 0.394 e. The third-order valence-corrected chi connectivity index (χ3v) is 3.62. The van der Waals surface area contributed by atoms with E-state index in [4.69, 9.17) is 9.84 Å². The highest BCUT2D eigenvalue weighted by atomic mass is 79.9. The average molecular weight is 319 g/mol. The van der Waals surface area contributed by atoms with Gasteiger partial charge in [0.15, 0.2) is 0 Å². The van der Waals surface area contributed by atoms with Crippen LogP contribution in [0.1, 0.15) is 11.7 Å². The number of rotatable bonds is 2. The van der Waals surface area contributed by atoms with Crippen molar-refractivity contribution in [2.75, 3.05) is 6.61 Å². The van der Waals surface area contributed by atoms with Gasteiger partial charge in [0.25, 0.3) is 0 Å². The minimum atomic E-state index is -1.34. The van der Waals surface area contributed by atoms with Crippen LogP contribution in [0.15, 0.2) is 28.7 Å². The first kappa shape index (κ1) is 13.9. The van der Waals surface area contributed by atoms with Crippen LogP contribution in [0, 0.1) is 0 Å². The Balaban J connectivity index is 2.24. The summed E-state index contributed by atoms with van der Waals surface area (Å²) in [6.45, 7) is -0.419. The van der Waals surface area contributed by atoms with Gasteiger partial charge in [0, 0.05) is 4.47 Å². The van der Waals surface area contributed by atoms with Gasteiger partial charge in [0.1, 0.15) is 30.5 Å². The molecule has 5 nitrogen and oxygen atoms in total. The van der Waals surface area contributed by atoms with E-state index in [1.54, 1.807) is 24.3 Å². The summed E-state index contributed by atoms with van der Waals surface area (Å²) in [5.74, 6) is 0. The maximum atomic E-state index is 9.92. The van der Waals surface area contributed by atoms with Crippen LogP contribution in [-0.2, 0) is 4.74 Å². The van der Waals surface area contributed by atoms with Gasteiger partial charge in [-0.25, -0.2) is 0 Å². The number of ether oxygens (including phenoxy) is 1. The van der Waals surface area contributed by atoms with Crippen LogP contribution in [0.2, 0.25) is 0 Å². The predicted molar refractivity (Wildman–Crippen MR) is 66.9 cm³/mol. The van der Waals surface area contributed by atoms with Crippen LogP contribution in [0.25, 0.3) is 0 Å². The zero-order chi connectivity index (χ0) is 13.3. The SMILES string of the molecule is OC[C@H]1O[C@@H](c2ccc(Br)cc2)[C@H](O)[C@@H](O)[C@@H]1O. The third-order valence-electron chi connectivity index (χ3n) is 3.09. The van der Waals surface area contributed by atoms with E-state index in [1.165, 1.54) is 0 Å². The molecule has 0 radical (unpaired) electrons. The van der Waals surface area contributed by atoms with E-state index in [9.17, 15) is 15.3 Å². The second-order valence-corrected chi connectivity index (χ2v) is 5.22. The van der Waals surface area contributed by atoms with Crippen molar-refractivity contribution in [1.29, 1.82) is 0 Å². The number of benzene rings is 1. The van der Waals surface area contributed by atoms with Crippen molar-refractivity contribution in [1.82, 2.24) is 0 Å². The molecule has 1 saturated heterocycles. The van der Waals surface area contributed by atoms with Crippen LogP contribution in [-0.4, -0.2) is 51.4 Å². The molecule has 1 aromatic carbocycles. The van der Waals surface area contributed by atoms with E-state index in [0.717, 1.165) is 4.47 Å². The fourth-order valence-corrected chi connectivity index (χ4v) is 2.29. The third kappa shape index (κ3) is 2.59. The molecule has 0 unspecified atom stereocenters. The van der Waals surface area contributed by atoms with Gasteiger partial charge in [0.2, 0.25) is 0 Å². The minimum Gasteiger partial charge on any atom is -0.394 e. The smallest absolute Gasteiger partial charge is 0.113 e. The molecular weight excluding hydrogens is 304 g/mol. The molecule has 4 N–H and O–H groups in total. The first-order valence-electron chi connectivity index (χ1n) is 5.60. The van der Waals surface area contributed by atoms with Gasteiger partial charge >= 0.3 is 0 Å². The number of aliphatic hydroxyl groups excluding tert-OH is 4. The summed E-state index contributed by atoms with van der Waals surface area (Å²) in [5.41, 5.74) is 0.676. The van der Waals surface area contributed by atoms with Crippen molar-refractivity contribution in [3.8, 4) is 0 Å². The standard InChI is InChI=1S/C12H15BrO5/c13-7-3-1-6(2-4-7)12-11(17)10(16)9(15)8(5-14)18-12/h1-4,8-12,14-17H,5H2/t8-,9-,10+,11-,12+/m1/s1. The lowest BCUT2D eigenvalue weighted by Crippen LogP contribution is -2.55.